The van der Waals surface area contributed by atoms with E-state index in [1.165, 1.54) is 75.8 Å². The molecule has 0 heterocycles. The van der Waals surface area contributed by atoms with Crippen molar-refractivity contribution in [2.75, 3.05) is 0 Å². The summed E-state index contributed by atoms with van der Waals surface area (Å²) in [6.45, 7) is 4.81. The van der Waals surface area contributed by atoms with Crippen LogP contribution in [0.3, 0.4) is 0 Å². The lowest BCUT2D eigenvalue weighted by molar-refractivity contribution is -0.275. The van der Waals surface area contributed by atoms with E-state index in [4.69, 9.17) is 0 Å². The molecular weight excluding hydrogens is 452 g/mol. The average Bonchev–Trinajstić information content (AvgIpc) is 2.85. The van der Waals surface area contributed by atoms with Gasteiger partial charge in [0, 0.05) is 0 Å². The molecular formula is C30H38F4O. The molecule has 2 fully saturated rings. The van der Waals surface area contributed by atoms with E-state index in [-0.39, 0.29) is 0 Å². The highest BCUT2D eigenvalue weighted by molar-refractivity contribution is 5.64. The minimum atomic E-state index is -4.91. The predicted molar refractivity (Wildman–Crippen MR) is 133 cm³/mol. The maximum absolute atomic E-state index is 14.1. The van der Waals surface area contributed by atoms with Crippen molar-refractivity contribution in [2.24, 2.45) is 23.7 Å². The van der Waals surface area contributed by atoms with Crippen LogP contribution in [0.15, 0.2) is 42.5 Å². The van der Waals surface area contributed by atoms with Crippen molar-refractivity contribution in [3.8, 4) is 16.9 Å². The van der Waals surface area contributed by atoms with Crippen molar-refractivity contribution in [2.45, 2.75) is 90.3 Å². The second-order valence-electron chi connectivity index (χ2n) is 10.9. The highest BCUT2D eigenvalue weighted by atomic mass is 19.4. The molecule has 0 radical (unpaired) electrons. The quantitative estimate of drug-likeness (QED) is 0.351. The van der Waals surface area contributed by atoms with Gasteiger partial charge in [0.1, 0.15) is 0 Å². The van der Waals surface area contributed by atoms with Gasteiger partial charge in [0.15, 0.2) is 11.6 Å². The van der Waals surface area contributed by atoms with E-state index in [9.17, 15) is 17.6 Å². The minimum Gasteiger partial charge on any atom is -0.403 e. The Kier molecular flexibility index (Phi) is 8.44. The van der Waals surface area contributed by atoms with Gasteiger partial charge in [-0.05, 0) is 103 Å². The summed E-state index contributed by atoms with van der Waals surface area (Å²) < 4.78 is 54.9. The van der Waals surface area contributed by atoms with Gasteiger partial charge in [0.25, 0.3) is 0 Å². The molecule has 2 saturated carbocycles. The van der Waals surface area contributed by atoms with Crippen molar-refractivity contribution in [1.29, 1.82) is 0 Å². The van der Waals surface area contributed by atoms with Gasteiger partial charge >= 0.3 is 6.36 Å². The number of ether oxygens (including phenoxy) is 1. The second kappa shape index (κ2) is 11.3. The van der Waals surface area contributed by atoms with E-state index in [0.717, 1.165) is 41.4 Å². The number of hydrogen-bond donors (Lipinski definition) is 0. The third-order valence-electron chi connectivity index (χ3n) is 8.70. The summed E-state index contributed by atoms with van der Waals surface area (Å²) in [7, 11) is 0. The molecule has 0 bridgehead atoms. The molecule has 0 saturated heterocycles. The fraction of sp³-hybridized carbons (Fsp3) is 0.600. The summed E-state index contributed by atoms with van der Waals surface area (Å²) in [4.78, 5) is 0. The molecule has 5 heteroatoms. The number of benzene rings is 2. The van der Waals surface area contributed by atoms with Crippen molar-refractivity contribution in [3.05, 3.63) is 53.8 Å². The molecule has 2 aromatic rings. The summed E-state index contributed by atoms with van der Waals surface area (Å²) in [6, 6.07) is 11.6. The highest BCUT2D eigenvalue weighted by Crippen LogP contribution is 2.42. The lowest BCUT2D eigenvalue weighted by Crippen LogP contribution is -2.23. The summed E-state index contributed by atoms with van der Waals surface area (Å²) in [5.41, 5.74) is 2.62. The first-order valence-corrected chi connectivity index (χ1v) is 13.4. The number of halogens is 4. The molecule has 0 N–H and O–H groups in total. The molecule has 1 nitrogen and oxygen atoms in total. The zero-order valence-corrected chi connectivity index (χ0v) is 20.9. The average molecular weight is 491 g/mol. The van der Waals surface area contributed by atoms with Gasteiger partial charge in [-0.2, -0.15) is 0 Å². The number of alkyl halides is 3. The van der Waals surface area contributed by atoms with Crippen molar-refractivity contribution < 1.29 is 22.3 Å². The van der Waals surface area contributed by atoms with Crippen LogP contribution in [-0.2, 0) is 0 Å². The minimum absolute atomic E-state index is 0.536. The van der Waals surface area contributed by atoms with Crippen molar-refractivity contribution in [1.82, 2.24) is 0 Å². The topological polar surface area (TPSA) is 9.23 Å². The van der Waals surface area contributed by atoms with Gasteiger partial charge in [0.2, 0.25) is 0 Å². The van der Waals surface area contributed by atoms with E-state index in [2.05, 4.69) is 30.7 Å². The van der Waals surface area contributed by atoms with Gasteiger partial charge in [-0.3, -0.25) is 0 Å². The molecule has 1 unspecified atom stereocenters. The maximum atomic E-state index is 14.1. The van der Waals surface area contributed by atoms with Gasteiger partial charge < -0.3 is 4.74 Å². The fourth-order valence-corrected chi connectivity index (χ4v) is 6.45. The highest BCUT2D eigenvalue weighted by Gasteiger charge is 2.32. The van der Waals surface area contributed by atoms with Crippen molar-refractivity contribution in [3.63, 3.8) is 0 Å². The van der Waals surface area contributed by atoms with Crippen molar-refractivity contribution >= 4 is 0 Å². The molecule has 0 spiro atoms. The lowest BCUT2D eigenvalue weighted by atomic mass is 9.70. The molecule has 2 aliphatic rings. The van der Waals surface area contributed by atoms with Crippen LogP contribution in [0.5, 0.6) is 5.75 Å². The summed E-state index contributed by atoms with van der Waals surface area (Å²) in [5.74, 6) is 2.28. The van der Waals surface area contributed by atoms with Gasteiger partial charge in [-0.25, -0.2) is 4.39 Å². The Hall–Kier alpha value is -2.04. The molecule has 2 aromatic carbocycles. The zero-order chi connectivity index (χ0) is 25.0. The van der Waals surface area contributed by atoms with Gasteiger partial charge in [-0.1, -0.05) is 63.4 Å². The monoisotopic (exact) mass is 490 g/mol. The van der Waals surface area contributed by atoms with E-state index in [1.54, 1.807) is 0 Å². The first-order valence-electron chi connectivity index (χ1n) is 13.4. The molecule has 0 amide bonds. The maximum Gasteiger partial charge on any atom is 0.573 e. The van der Waals surface area contributed by atoms with Crippen LogP contribution in [0.4, 0.5) is 17.6 Å². The van der Waals surface area contributed by atoms with Crippen LogP contribution >= 0.6 is 0 Å². The largest absolute Gasteiger partial charge is 0.573 e. The smallest absolute Gasteiger partial charge is 0.403 e. The van der Waals surface area contributed by atoms with Crippen LogP contribution in [0, 0.1) is 29.5 Å². The summed E-state index contributed by atoms with van der Waals surface area (Å²) in [6.07, 6.45) is 8.47. The number of hydrogen-bond acceptors (Lipinski definition) is 1. The summed E-state index contributed by atoms with van der Waals surface area (Å²) in [5, 5.41) is 0. The third kappa shape index (κ3) is 7.01. The molecule has 4 rings (SSSR count). The zero-order valence-electron chi connectivity index (χ0n) is 20.9. The first-order chi connectivity index (χ1) is 16.7. The molecule has 0 aliphatic heterocycles. The Balaban J connectivity index is 1.28. The number of rotatable bonds is 7. The Morgan fingerprint density at radius 1 is 0.829 bits per heavy atom. The molecule has 35 heavy (non-hydrogen) atoms. The standard InChI is InChI=1S/C30H38F4O/c1-3-21-4-8-23(9-5-21)20(2)18-22-6-10-24(11-7-22)25-12-14-26(15-13-25)27-16-17-29(28(31)19-27)35-30(32,33)34/h12-17,19-24H,3-11,18H2,1-2H3. The van der Waals surface area contributed by atoms with E-state index >= 15 is 0 Å². The Labute approximate surface area is 207 Å². The fourth-order valence-electron chi connectivity index (χ4n) is 6.45. The second-order valence-corrected chi connectivity index (χ2v) is 10.9. The molecule has 2 aliphatic carbocycles. The predicted octanol–water partition coefficient (Wildman–Crippen LogP) is 9.91. The first kappa shape index (κ1) is 26.0. The van der Waals surface area contributed by atoms with E-state index < -0.39 is 17.9 Å². The normalized spacial score (nSPS) is 26.3. The molecule has 0 aromatic heterocycles. The van der Waals surface area contributed by atoms with E-state index in [0.29, 0.717) is 11.5 Å². The molecule has 192 valence electrons. The van der Waals surface area contributed by atoms with Gasteiger partial charge in [0.05, 0.1) is 0 Å². The Bertz CT molecular complexity index is 936. The third-order valence-corrected chi connectivity index (χ3v) is 8.70. The summed E-state index contributed by atoms with van der Waals surface area (Å²) >= 11 is 0. The van der Waals surface area contributed by atoms with Crippen LogP contribution in [0.25, 0.3) is 11.1 Å². The van der Waals surface area contributed by atoms with Crippen LogP contribution < -0.4 is 4.74 Å². The lowest BCUT2D eigenvalue weighted by Gasteiger charge is -2.35. The SMILES string of the molecule is CCC1CCC(C(C)CC2CCC(c3ccc(-c4ccc(OC(F)(F)F)c(F)c4)cc3)CC2)CC1. The van der Waals surface area contributed by atoms with E-state index in [1.807, 2.05) is 12.1 Å². The molecule has 1 atom stereocenters. The van der Waals surface area contributed by atoms with Gasteiger partial charge in [-0.15, -0.1) is 13.2 Å². The Morgan fingerprint density at radius 3 is 2.00 bits per heavy atom. The van der Waals surface area contributed by atoms with Crippen LogP contribution in [0.2, 0.25) is 0 Å². The van der Waals surface area contributed by atoms with Crippen LogP contribution in [0.1, 0.15) is 89.5 Å². The van der Waals surface area contributed by atoms with Crippen LogP contribution in [-0.4, -0.2) is 6.36 Å². The Morgan fingerprint density at radius 2 is 1.43 bits per heavy atom.